The van der Waals surface area contributed by atoms with Crippen LogP contribution in [0.3, 0.4) is 0 Å². The molecular weight excluding hydrogens is 224 g/mol. The van der Waals surface area contributed by atoms with E-state index in [4.69, 9.17) is 11.0 Å². The van der Waals surface area contributed by atoms with E-state index in [1.165, 1.54) is 0 Å². The van der Waals surface area contributed by atoms with Gasteiger partial charge in [0.05, 0.1) is 5.56 Å². The van der Waals surface area contributed by atoms with Gasteiger partial charge in [-0.15, -0.1) is 0 Å². The van der Waals surface area contributed by atoms with Crippen LogP contribution in [0, 0.1) is 25.2 Å². The molecule has 18 heavy (non-hydrogen) atoms. The Bertz CT molecular complexity index is 626. The van der Waals surface area contributed by atoms with Crippen LogP contribution < -0.4 is 11.1 Å². The topological polar surface area (TPSA) is 74.7 Å². The van der Waals surface area contributed by atoms with Gasteiger partial charge in [0.2, 0.25) is 0 Å². The first kappa shape index (κ1) is 11.9. The maximum Gasteiger partial charge on any atom is 0.148 e. The Morgan fingerprint density at radius 1 is 1.28 bits per heavy atom. The molecule has 1 heterocycles. The minimum Gasteiger partial charge on any atom is -0.399 e. The molecule has 0 unspecified atom stereocenters. The fraction of sp³-hybridized carbons (Fsp3) is 0.143. The van der Waals surface area contributed by atoms with Crippen LogP contribution in [-0.2, 0) is 0 Å². The van der Waals surface area contributed by atoms with Crippen molar-refractivity contribution < 1.29 is 0 Å². The van der Waals surface area contributed by atoms with E-state index in [2.05, 4.69) is 16.4 Å². The quantitative estimate of drug-likeness (QED) is 0.789. The molecular formula is C14H14N4. The zero-order valence-electron chi connectivity index (χ0n) is 10.4. The molecule has 2 aromatic rings. The summed E-state index contributed by atoms with van der Waals surface area (Å²) >= 11 is 0. The van der Waals surface area contributed by atoms with Crippen LogP contribution in [-0.4, -0.2) is 4.98 Å². The Morgan fingerprint density at radius 2 is 2.06 bits per heavy atom. The lowest BCUT2D eigenvalue weighted by atomic mass is 10.1. The number of hydrogen-bond acceptors (Lipinski definition) is 4. The summed E-state index contributed by atoms with van der Waals surface area (Å²) < 4.78 is 0. The monoisotopic (exact) mass is 238 g/mol. The van der Waals surface area contributed by atoms with Crippen molar-refractivity contribution in [2.75, 3.05) is 11.1 Å². The number of aromatic nitrogens is 1. The Kier molecular flexibility index (Phi) is 3.16. The van der Waals surface area contributed by atoms with Gasteiger partial charge in [-0.25, -0.2) is 4.98 Å². The first-order valence-electron chi connectivity index (χ1n) is 5.61. The second-order valence-corrected chi connectivity index (χ2v) is 4.17. The van der Waals surface area contributed by atoms with Gasteiger partial charge < -0.3 is 11.1 Å². The van der Waals surface area contributed by atoms with Crippen molar-refractivity contribution in [3.05, 3.63) is 47.2 Å². The zero-order chi connectivity index (χ0) is 13.1. The molecule has 3 N–H and O–H groups in total. The third-order valence-electron chi connectivity index (χ3n) is 2.61. The maximum atomic E-state index is 9.17. The Labute approximate surface area is 106 Å². The molecule has 0 spiro atoms. The van der Waals surface area contributed by atoms with Gasteiger partial charge in [0, 0.05) is 17.1 Å². The van der Waals surface area contributed by atoms with Crippen molar-refractivity contribution in [2.24, 2.45) is 0 Å². The van der Waals surface area contributed by atoms with Crippen molar-refractivity contribution in [1.82, 2.24) is 4.98 Å². The number of nitrogens with zero attached hydrogens (tertiary/aromatic N) is 2. The molecule has 0 radical (unpaired) electrons. The number of hydrogen-bond donors (Lipinski definition) is 2. The van der Waals surface area contributed by atoms with Gasteiger partial charge >= 0.3 is 0 Å². The van der Waals surface area contributed by atoms with Gasteiger partial charge in [-0.05, 0) is 43.7 Å². The van der Waals surface area contributed by atoms with E-state index in [1.54, 1.807) is 6.07 Å². The lowest BCUT2D eigenvalue weighted by molar-refractivity contribution is 1.16. The molecule has 0 bridgehead atoms. The predicted molar refractivity (Wildman–Crippen MR) is 72.6 cm³/mol. The highest BCUT2D eigenvalue weighted by Gasteiger charge is 2.08. The summed E-state index contributed by atoms with van der Waals surface area (Å²) in [4.78, 5) is 4.36. The first-order chi connectivity index (χ1) is 8.60. The molecule has 0 aliphatic heterocycles. The lowest BCUT2D eigenvalue weighted by Crippen LogP contribution is -2.01. The number of pyridine rings is 1. The van der Waals surface area contributed by atoms with Crippen LogP contribution >= 0.6 is 0 Å². The Morgan fingerprint density at radius 3 is 2.72 bits per heavy atom. The van der Waals surface area contributed by atoms with E-state index in [1.807, 2.05) is 38.1 Å². The van der Waals surface area contributed by atoms with Crippen molar-refractivity contribution >= 4 is 17.2 Å². The number of rotatable bonds is 2. The number of nitriles is 1. The molecule has 90 valence electrons. The van der Waals surface area contributed by atoms with Gasteiger partial charge in [-0.1, -0.05) is 6.07 Å². The smallest absolute Gasteiger partial charge is 0.148 e. The van der Waals surface area contributed by atoms with Gasteiger partial charge in [-0.3, -0.25) is 0 Å². The molecule has 0 atom stereocenters. The molecule has 1 aromatic heterocycles. The number of benzene rings is 1. The SMILES string of the molecule is Cc1cc(C)c(C#N)c(Nc2cccc(N)c2)n1. The van der Waals surface area contributed by atoms with Crippen LogP contribution in [0.5, 0.6) is 0 Å². The van der Waals surface area contributed by atoms with Crippen molar-refractivity contribution in [2.45, 2.75) is 13.8 Å². The maximum absolute atomic E-state index is 9.17. The van der Waals surface area contributed by atoms with Crippen molar-refractivity contribution in [1.29, 1.82) is 5.26 Å². The molecule has 0 amide bonds. The van der Waals surface area contributed by atoms with E-state index in [0.29, 0.717) is 17.1 Å². The molecule has 0 fully saturated rings. The number of anilines is 3. The van der Waals surface area contributed by atoms with Crippen LogP contribution in [0.25, 0.3) is 0 Å². The summed E-state index contributed by atoms with van der Waals surface area (Å²) in [6.45, 7) is 3.80. The fourth-order valence-corrected chi connectivity index (χ4v) is 1.82. The molecule has 0 aliphatic carbocycles. The minimum atomic E-state index is 0.558. The molecule has 4 nitrogen and oxygen atoms in total. The van der Waals surface area contributed by atoms with Gasteiger partial charge in [0.1, 0.15) is 11.9 Å². The molecule has 0 saturated heterocycles. The number of nitrogens with two attached hydrogens (primary N) is 1. The highest BCUT2D eigenvalue weighted by atomic mass is 15.0. The van der Waals surface area contributed by atoms with E-state index in [9.17, 15) is 0 Å². The van der Waals surface area contributed by atoms with E-state index < -0.39 is 0 Å². The summed E-state index contributed by atoms with van der Waals surface area (Å²) in [5.41, 5.74) is 9.55. The van der Waals surface area contributed by atoms with E-state index in [-0.39, 0.29) is 0 Å². The second-order valence-electron chi connectivity index (χ2n) is 4.17. The van der Waals surface area contributed by atoms with Gasteiger partial charge in [-0.2, -0.15) is 5.26 Å². The van der Waals surface area contributed by atoms with E-state index in [0.717, 1.165) is 16.9 Å². The standard InChI is InChI=1S/C14H14N4/c1-9-6-10(2)17-14(13(9)8-15)18-12-5-3-4-11(16)7-12/h3-7H,16H2,1-2H3,(H,17,18). The summed E-state index contributed by atoms with van der Waals surface area (Å²) in [5.74, 6) is 0.570. The zero-order valence-corrected chi connectivity index (χ0v) is 10.4. The van der Waals surface area contributed by atoms with Crippen LogP contribution in [0.1, 0.15) is 16.8 Å². The number of nitrogens with one attached hydrogen (secondary N) is 1. The summed E-state index contributed by atoms with van der Waals surface area (Å²) in [6.07, 6.45) is 0. The molecule has 1 aromatic carbocycles. The predicted octanol–water partition coefficient (Wildman–Crippen LogP) is 2.90. The Balaban J connectivity index is 2.43. The number of nitrogen functional groups attached to an aromatic ring is 1. The summed E-state index contributed by atoms with van der Waals surface area (Å²) in [5, 5.41) is 12.3. The number of aryl methyl sites for hydroxylation is 2. The summed E-state index contributed by atoms with van der Waals surface area (Å²) in [6, 6.07) is 11.4. The van der Waals surface area contributed by atoms with Gasteiger partial charge in [0.25, 0.3) is 0 Å². The fourth-order valence-electron chi connectivity index (χ4n) is 1.82. The molecule has 2 rings (SSSR count). The van der Waals surface area contributed by atoms with Crippen molar-refractivity contribution in [3.8, 4) is 6.07 Å². The third kappa shape index (κ3) is 2.41. The molecule has 0 saturated carbocycles. The molecule has 0 aliphatic rings. The summed E-state index contributed by atoms with van der Waals surface area (Å²) in [7, 11) is 0. The van der Waals surface area contributed by atoms with E-state index >= 15 is 0 Å². The lowest BCUT2D eigenvalue weighted by Gasteiger charge is -2.10. The van der Waals surface area contributed by atoms with Crippen LogP contribution in [0.4, 0.5) is 17.2 Å². The van der Waals surface area contributed by atoms with Crippen LogP contribution in [0.2, 0.25) is 0 Å². The molecule has 4 heteroatoms. The second kappa shape index (κ2) is 4.76. The largest absolute Gasteiger partial charge is 0.399 e. The minimum absolute atomic E-state index is 0.558. The first-order valence-corrected chi connectivity index (χ1v) is 5.61. The Hall–Kier alpha value is -2.54. The normalized spacial score (nSPS) is 9.83. The highest BCUT2D eigenvalue weighted by molar-refractivity contribution is 5.67. The highest BCUT2D eigenvalue weighted by Crippen LogP contribution is 2.22. The van der Waals surface area contributed by atoms with Crippen molar-refractivity contribution in [3.63, 3.8) is 0 Å². The third-order valence-corrected chi connectivity index (χ3v) is 2.61. The average Bonchev–Trinajstić information content (AvgIpc) is 2.28. The average molecular weight is 238 g/mol. The van der Waals surface area contributed by atoms with Crippen LogP contribution in [0.15, 0.2) is 30.3 Å². The van der Waals surface area contributed by atoms with Gasteiger partial charge in [0.15, 0.2) is 0 Å².